The van der Waals surface area contributed by atoms with Crippen molar-refractivity contribution in [2.75, 3.05) is 18.8 Å². The summed E-state index contributed by atoms with van der Waals surface area (Å²) in [6.07, 6.45) is 8.70. The molecule has 0 spiro atoms. The van der Waals surface area contributed by atoms with Crippen LogP contribution in [0.1, 0.15) is 65.2 Å². The van der Waals surface area contributed by atoms with Crippen molar-refractivity contribution in [3.63, 3.8) is 0 Å². The third-order valence-electron chi connectivity index (χ3n) is 4.61. The molecule has 0 heterocycles. The van der Waals surface area contributed by atoms with Gasteiger partial charge in [0.05, 0.1) is 5.75 Å². The van der Waals surface area contributed by atoms with Crippen molar-refractivity contribution in [3.8, 4) is 0 Å². The van der Waals surface area contributed by atoms with Crippen LogP contribution in [-0.2, 0) is 10.0 Å². The first-order valence-electron chi connectivity index (χ1n) is 8.72. The zero-order valence-corrected chi connectivity index (χ0v) is 14.5. The number of hydrogen-bond acceptors (Lipinski definition) is 3. The van der Waals surface area contributed by atoms with Gasteiger partial charge < -0.3 is 5.32 Å². The molecule has 0 atom stereocenters. The molecule has 0 radical (unpaired) electrons. The lowest BCUT2D eigenvalue weighted by Crippen LogP contribution is -2.41. The Balaban J connectivity index is 1.85. The van der Waals surface area contributed by atoms with Gasteiger partial charge in [-0.3, -0.25) is 0 Å². The normalized spacial score (nSPS) is 20.8. The van der Waals surface area contributed by atoms with Crippen LogP contribution in [0, 0.1) is 5.92 Å². The number of nitrogens with one attached hydrogen (secondary N) is 1. The predicted molar refractivity (Wildman–Crippen MR) is 87.8 cm³/mol. The first-order valence-corrected chi connectivity index (χ1v) is 10.3. The second kappa shape index (κ2) is 7.93. The van der Waals surface area contributed by atoms with Gasteiger partial charge in [0.2, 0.25) is 10.0 Å². The Morgan fingerprint density at radius 3 is 2.38 bits per heavy atom. The average molecular weight is 317 g/mol. The summed E-state index contributed by atoms with van der Waals surface area (Å²) >= 11 is 0. The molecular formula is C16H32N2O2S. The van der Waals surface area contributed by atoms with Gasteiger partial charge in [-0.2, -0.15) is 4.31 Å². The van der Waals surface area contributed by atoms with E-state index in [2.05, 4.69) is 19.2 Å². The van der Waals surface area contributed by atoms with Gasteiger partial charge in [-0.05, 0) is 51.0 Å². The van der Waals surface area contributed by atoms with Crippen LogP contribution in [0.3, 0.4) is 0 Å². The molecule has 2 rings (SSSR count). The van der Waals surface area contributed by atoms with Gasteiger partial charge in [0.1, 0.15) is 0 Å². The summed E-state index contributed by atoms with van der Waals surface area (Å²) in [6, 6.07) is 0.935. The highest BCUT2D eigenvalue weighted by atomic mass is 32.2. The standard InChI is InChI=1S/C16H32N2O2S/c1-14(2)10-12-18(16-6-3-4-7-16)21(19,20)13-5-11-17-15-8-9-15/h14-17H,3-13H2,1-2H3. The van der Waals surface area contributed by atoms with Crippen LogP contribution in [0.25, 0.3) is 0 Å². The second-order valence-corrected chi connectivity index (χ2v) is 9.17. The van der Waals surface area contributed by atoms with E-state index < -0.39 is 10.0 Å². The summed E-state index contributed by atoms with van der Waals surface area (Å²) in [5.74, 6) is 0.863. The van der Waals surface area contributed by atoms with Gasteiger partial charge in [-0.1, -0.05) is 26.7 Å². The van der Waals surface area contributed by atoms with Crippen molar-refractivity contribution in [2.24, 2.45) is 5.92 Å². The molecule has 0 aromatic heterocycles. The van der Waals surface area contributed by atoms with Crippen LogP contribution < -0.4 is 5.32 Å². The molecule has 5 heteroatoms. The van der Waals surface area contributed by atoms with Gasteiger partial charge in [0.25, 0.3) is 0 Å². The van der Waals surface area contributed by atoms with E-state index in [0.29, 0.717) is 24.3 Å². The molecule has 2 aliphatic rings. The molecule has 2 saturated carbocycles. The molecule has 0 aromatic carbocycles. The number of rotatable bonds is 10. The largest absolute Gasteiger partial charge is 0.314 e. The number of sulfonamides is 1. The van der Waals surface area contributed by atoms with Crippen LogP contribution in [0.4, 0.5) is 0 Å². The third-order valence-corrected chi connectivity index (χ3v) is 6.61. The molecule has 0 amide bonds. The maximum absolute atomic E-state index is 12.7. The third kappa shape index (κ3) is 5.87. The maximum atomic E-state index is 12.7. The summed E-state index contributed by atoms with van der Waals surface area (Å²) in [6.45, 7) is 5.88. The molecule has 1 N–H and O–H groups in total. The minimum Gasteiger partial charge on any atom is -0.314 e. The second-order valence-electron chi connectivity index (χ2n) is 7.13. The molecule has 0 aromatic rings. The van der Waals surface area contributed by atoms with Gasteiger partial charge in [0, 0.05) is 18.6 Å². The van der Waals surface area contributed by atoms with Gasteiger partial charge in [-0.25, -0.2) is 8.42 Å². The van der Waals surface area contributed by atoms with E-state index in [4.69, 9.17) is 0 Å². The monoisotopic (exact) mass is 316 g/mol. The Kier molecular flexibility index (Phi) is 6.51. The van der Waals surface area contributed by atoms with E-state index in [1.54, 1.807) is 0 Å². The highest BCUT2D eigenvalue weighted by molar-refractivity contribution is 7.89. The first-order chi connectivity index (χ1) is 9.99. The zero-order chi connectivity index (χ0) is 15.3. The van der Waals surface area contributed by atoms with E-state index in [9.17, 15) is 8.42 Å². The van der Waals surface area contributed by atoms with Crippen molar-refractivity contribution in [3.05, 3.63) is 0 Å². The Hall–Kier alpha value is -0.130. The van der Waals surface area contributed by atoms with Gasteiger partial charge >= 0.3 is 0 Å². The summed E-state index contributed by atoms with van der Waals surface area (Å²) in [5.41, 5.74) is 0. The van der Waals surface area contributed by atoms with Gasteiger partial charge in [-0.15, -0.1) is 0 Å². The molecular weight excluding hydrogens is 284 g/mol. The molecule has 2 fully saturated rings. The maximum Gasteiger partial charge on any atom is 0.214 e. The fourth-order valence-corrected chi connectivity index (χ4v) is 4.88. The quantitative estimate of drug-likeness (QED) is 0.631. The van der Waals surface area contributed by atoms with Crippen molar-refractivity contribution in [1.29, 1.82) is 0 Å². The predicted octanol–water partition coefficient (Wildman–Crippen LogP) is 2.75. The fraction of sp³-hybridized carbons (Fsp3) is 1.00. The smallest absolute Gasteiger partial charge is 0.214 e. The first kappa shape index (κ1) is 17.2. The topological polar surface area (TPSA) is 49.4 Å². The highest BCUT2D eigenvalue weighted by Crippen LogP contribution is 2.27. The summed E-state index contributed by atoms with van der Waals surface area (Å²) in [5, 5.41) is 3.40. The van der Waals surface area contributed by atoms with E-state index in [0.717, 1.165) is 32.2 Å². The van der Waals surface area contributed by atoms with Crippen LogP contribution in [-0.4, -0.2) is 43.6 Å². The molecule has 4 nitrogen and oxygen atoms in total. The molecule has 0 aliphatic heterocycles. The highest BCUT2D eigenvalue weighted by Gasteiger charge is 2.31. The van der Waals surface area contributed by atoms with Crippen LogP contribution in [0.5, 0.6) is 0 Å². The lowest BCUT2D eigenvalue weighted by molar-refractivity contribution is 0.304. The van der Waals surface area contributed by atoms with Crippen LogP contribution in [0.15, 0.2) is 0 Å². The fourth-order valence-electron chi connectivity index (χ4n) is 3.09. The molecule has 0 bridgehead atoms. The Morgan fingerprint density at radius 2 is 1.81 bits per heavy atom. The Morgan fingerprint density at radius 1 is 1.14 bits per heavy atom. The molecule has 124 valence electrons. The number of hydrogen-bond donors (Lipinski definition) is 1. The minimum atomic E-state index is -3.09. The SMILES string of the molecule is CC(C)CCN(C1CCCC1)S(=O)(=O)CCCNC1CC1. The summed E-state index contributed by atoms with van der Waals surface area (Å²) < 4.78 is 27.2. The lowest BCUT2D eigenvalue weighted by Gasteiger charge is -2.28. The molecule has 21 heavy (non-hydrogen) atoms. The molecule has 0 unspecified atom stereocenters. The van der Waals surface area contributed by atoms with Crippen LogP contribution >= 0.6 is 0 Å². The summed E-state index contributed by atoms with van der Waals surface area (Å²) in [7, 11) is -3.09. The van der Waals surface area contributed by atoms with E-state index in [-0.39, 0.29) is 6.04 Å². The van der Waals surface area contributed by atoms with Crippen molar-refractivity contribution >= 4 is 10.0 Å². The zero-order valence-electron chi connectivity index (χ0n) is 13.7. The molecule has 2 aliphatic carbocycles. The summed E-state index contributed by atoms with van der Waals surface area (Å²) in [4.78, 5) is 0. The lowest BCUT2D eigenvalue weighted by atomic mass is 10.1. The number of nitrogens with zero attached hydrogens (tertiary/aromatic N) is 1. The van der Waals surface area contributed by atoms with E-state index in [1.807, 2.05) is 4.31 Å². The minimum absolute atomic E-state index is 0.269. The Bertz CT molecular complexity index is 399. The molecule has 0 saturated heterocycles. The average Bonchev–Trinajstić information content (AvgIpc) is 3.09. The van der Waals surface area contributed by atoms with Crippen LogP contribution in [0.2, 0.25) is 0 Å². The van der Waals surface area contributed by atoms with Crippen molar-refractivity contribution in [1.82, 2.24) is 9.62 Å². The van der Waals surface area contributed by atoms with Crippen molar-refractivity contribution in [2.45, 2.75) is 77.3 Å². The van der Waals surface area contributed by atoms with E-state index in [1.165, 1.54) is 25.7 Å². The van der Waals surface area contributed by atoms with E-state index >= 15 is 0 Å². The Labute approximate surface area is 130 Å². The van der Waals surface area contributed by atoms with Gasteiger partial charge in [0.15, 0.2) is 0 Å². The van der Waals surface area contributed by atoms with Crippen molar-refractivity contribution < 1.29 is 8.42 Å².